The maximum atomic E-state index is 12.9. The Morgan fingerprint density at radius 3 is 2.31 bits per heavy atom. The minimum atomic E-state index is 0. The van der Waals surface area contributed by atoms with Crippen molar-refractivity contribution in [3.05, 3.63) is 0 Å². The van der Waals surface area contributed by atoms with E-state index in [0.717, 1.165) is 38.8 Å². The third kappa shape index (κ3) is 5.11. The van der Waals surface area contributed by atoms with Crippen molar-refractivity contribution in [1.82, 2.24) is 10.2 Å². The molecule has 2 aliphatic carbocycles. The molecule has 26 heavy (non-hydrogen) atoms. The van der Waals surface area contributed by atoms with Crippen LogP contribution in [0.5, 0.6) is 0 Å². The average Bonchev–Trinajstić information content (AvgIpc) is 2.61. The fraction of sp³-hybridized carbons (Fsp3) is 0.895. The molecule has 0 aromatic heterocycles. The van der Waals surface area contributed by atoms with Crippen LogP contribution in [0.4, 0.5) is 0 Å². The fourth-order valence-corrected chi connectivity index (χ4v) is 4.94. The van der Waals surface area contributed by atoms with E-state index in [1.165, 1.54) is 19.3 Å². The van der Waals surface area contributed by atoms with Gasteiger partial charge in [0.05, 0.1) is 12.7 Å². The zero-order valence-electron chi connectivity index (χ0n) is 15.8. The van der Waals surface area contributed by atoms with E-state index in [0.29, 0.717) is 36.8 Å². The number of rotatable bonds is 5. The van der Waals surface area contributed by atoms with Gasteiger partial charge in [-0.25, -0.2) is 0 Å². The summed E-state index contributed by atoms with van der Waals surface area (Å²) in [5, 5.41) is 2.60. The van der Waals surface area contributed by atoms with Crippen LogP contribution in [0.25, 0.3) is 0 Å². The third-order valence-electron chi connectivity index (χ3n) is 6.48. The lowest BCUT2D eigenvalue weighted by atomic mass is 9.65. The van der Waals surface area contributed by atoms with E-state index in [1.807, 2.05) is 4.90 Å². The number of amides is 2. The van der Waals surface area contributed by atoms with Gasteiger partial charge in [-0.15, -0.1) is 12.4 Å². The lowest BCUT2D eigenvalue weighted by molar-refractivity contribution is -0.141. The van der Waals surface area contributed by atoms with Crippen molar-refractivity contribution in [3.8, 4) is 0 Å². The number of nitrogens with one attached hydrogen (secondary N) is 1. The maximum absolute atomic E-state index is 12.9. The molecule has 2 amide bonds. The molecule has 1 aliphatic heterocycles. The van der Waals surface area contributed by atoms with Crippen molar-refractivity contribution in [1.29, 1.82) is 0 Å². The van der Waals surface area contributed by atoms with Gasteiger partial charge in [0, 0.05) is 38.5 Å². The van der Waals surface area contributed by atoms with Crippen LogP contribution in [-0.2, 0) is 14.3 Å². The predicted octanol–water partition coefficient (Wildman–Crippen LogP) is 1.71. The number of hydrogen-bond donors (Lipinski definition) is 2. The van der Waals surface area contributed by atoms with Crippen LogP contribution in [0.1, 0.15) is 51.4 Å². The Morgan fingerprint density at radius 1 is 1.12 bits per heavy atom. The first kappa shape index (κ1) is 21.5. The molecule has 0 spiro atoms. The van der Waals surface area contributed by atoms with Crippen molar-refractivity contribution in [2.45, 2.75) is 63.5 Å². The summed E-state index contributed by atoms with van der Waals surface area (Å²) in [5.74, 6) is 1.63. The molecule has 2 saturated carbocycles. The molecule has 3 aliphatic rings. The Bertz CT molecular complexity index is 469. The summed E-state index contributed by atoms with van der Waals surface area (Å²) in [7, 11) is 1.64. The van der Waals surface area contributed by atoms with Gasteiger partial charge in [0.25, 0.3) is 0 Å². The molecular weight excluding hydrogens is 354 g/mol. The van der Waals surface area contributed by atoms with Crippen LogP contribution in [-0.4, -0.2) is 55.6 Å². The predicted molar refractivity (Wildman–Crippen MR) is 103 cm³/mol. The monoisotopic (exact) mass is 387 g/mol. The highest BCUT2D eigenvalue weighted by molar-refractivity contribution is 5.85. The van der Waals surface area contributed by atoms with Crippen molar-refractivity contribution in [2.24, 2.45) is 23.5 Å². The Balaban J connectivity index is 0.00000243. The number of carbonyl (C=O) groups is 2. The van der Waals surface area contributed by atoms with Crippen molar-refractivity contribution < 1.29 is 14.3 Å². The second-order valence-corrected chi connectivity index (χ2v) is 8.02. The number of hydrogen-bond acceptors (Lipinski definition) is 4. The lowest BCUT2D eigenvalue weighted by Crippen LogP contribution is -2.51. The smallest absolute Gasteiger partial charge is 0.225 e. The number of nitrogens with zero attached hydrogens (tertiary/aromatic N) is 1. The van der Waals surface area contributed by atoms with Gasteiger partial charge in [0.1, 0.15) is 0 Å². The van der Waals surface area contributed by atoms with Gasteiger partial charge in [-0.05, 0) is 50.4 Å². The first-order chi connectivity index (χ1) is 12.1. The standard InChI is InChI=1S/C19H33N3O3.ClH/c1-21-17(23)7-10-25-16-5-8-22(9-6-16)19(24)15-11-13-3-2-4-14(12-15)18(13)20;/h13-16,18H,2-12,20H2,1H3,(H,21,23);1H. The van der Waals surface area contributed by atoms with Gasteiger partial charge in [-0.1, -0.05) is 6.42 Å². The van der Waals surface area contributed by atoms with E-state index in [2.05, 4.69) is 5.32 Å². The number of ether oxygens (including phenoxy) is 1. The van der Waals surface area contributed by atoms with Crippen molar-refractivity contribution in [3.63, 3.8) is 0 Å². The molecule has 1 saturated heterocycles. The number of carbonyl (C=O) groups excluding carboxylic acids is 2. The molecule has 0 radical (unpaired) electrons. The molecular formula is C19H34ClN3O3. The lowest BCUT2D eigenvalue weighted by Gasteiger charge is -2.45. The van der Waals surface area contributed by atoms with E-state index in [4.69, 9.17) is 10.5 Å². The molecule has 150 valence electrons. The summed E-state index contributed by atoms with van der Waals surface area (Å²) < 4.78 is 5.79. The van der Waals surface area contributed by atoms with Gasteiger partial charge in [0.15, 0.2) is 0 Å². The molecule has 0 aromatic carbocycles. The van der Waals surface area contributed by atoms with E-state index in [1.54, 1.807) is 7.05 Å². The quantitative estimate of drug-likeness (QED) is 0.752. The molecule has 2 bridgehead atoms. The SMILES string of the molecule is CNC(=O)CCOC1CCN(C(=O)C2CC3CCCC(C2)C3N)CC1.Cl. The minimum absolute atomic E-state index is 0. The number of halogens is 1. The second kappa shape index (κ2) is 9.90. The first-order valence-corrected chi connectivity index (χ1v) is 9.95. The summed E-state index contributed by atoms with van der Waals surface area (Å²) in [4.78, 5) is 26.2. The molecule has 3 rings (SSSR count). The Kier molecular flexibility index (Phi) is 8.17. The average molecular weight is 388 g/mol. The number of likely N-dealkylation sites (tertiary alicyclic amines) is 1. The molecule has 0 aromatic rings. The number of piperidine rings is 1. The fourth-order valence-electron chi connectivity index (χ4n) is 4.94. The van der Waals surface area contributed by atoms with Crippen LogP contribution >= 0.6 is 12.4 Å². The molecule has 7 heteroatoms. The van der Waals surface area contributed by atoms with Gasteiger partial charge < -0.3 is 20.7 Å². The zero-order valence-corrected chi connectivity index (χ0v) is 16.6. The number of fused-ring (bicyclic) bond motifs is 2. The Morgan fingerprint density at radius 2 is 1.73 bits per heavy atom. The van der Waals surface area contributed by atoms with E-state index >= 15 is 0 Å². The van der Waals surface area contributed by atoms with Crippen molar-refractivity contribution in [2.75, 3.05) is 26.7 Å². The molecule has 6 nitrogen and oxygen atoms in total. The largest absolute Gasteiger partial charge is 0.378 e. The Hall–Kier alpha value is -0.850. The van der Waals surface area contributed by atoms with E-state index in [-0.39, 0.29) is 30.3 Å². The highest BCUT2D eigenvalue weighted by atomic mass is 35.5. The minimum Gasteiger partial charge on any atom is -0.378 e. The van der Waals surface area contributed by atoms with Gasteiger partial charge in [0.2, 0.25) is 11.8 Å². The second-order valence-electron chi connectivity index (χ2n) is 8.02. The van der Waals surface area contributed by atoms with Crippen molar-refractivity contribution >= 4 is 24.2 Å². The molecule has 2 unspecified atom stereocenters. The summed E-state index contributed by atoms with van der Waals surface area (Å²) in [6, 6.07) is 0.317. The van der Waals surface area contributed by atoms with E-state index < -0.39 is 0 Å². The summed E-state index contributed by atoms with van der Waals surface area (Å²) in [6.45, 7) is 2.02. The maximum Gasteiger partial charge on any atom is 0.225 e. The molecule has 1 heterocycles. The normalized spacial score (nSPS) is 31.8. The van der Waals surface area contributed by atoms with Gasteiger partial charge in [-0.2, -0.15) is 0 Å². The topological polar surface area (TPSA) is 84.7 Å². The molecule has 3 N–H and O–H groups in total. The van der Waals surface area contributed by atoms with Crippen LogP contribution in [0.3, 0.4) is 0 Å². The van der Waals surface area contributed by atoms with Gasteiger partial charge in [-0.3, -0.25) is 9.59 Å². The third-order valence-corrected chi connectivity index (χ3v) is 6.48. The highest BCUT2D eigenvalue weighted by Gasteiger charge is 2.42. The summed E-state index contributed by atoms with van der Waals surface area (Å²) >= 11 is 0. The zero-order chi connectivity index (χ0) is 17.8. The summed E-state index contributed by atoms with van der Waals surface area (Å²) in [5.41, 5.74) is 6.35. The molecule has 3 fully saturated rings. The van der Waals surface area contributed by atoms with E-state index in [9.17, 15) is 9.59 Å². The van der Waals surface area contributed by atoms with Gasteiger partial charge >= 0.3 is 0 Å². The number of nitrogens with two attached hydrogens (primary N) is 1. The highest BCUT2D eigenvalue weighted by Crippen LogP contribution is 2.42. The van der Waals surface area contributed by atoms with Crippen LogP contribution in [0.15, 0.2) is 0 Å². The van der Waals surface area contributed by atoms with Crippen LogP contribution in [0.2, 0.25) is 0 Å². The van der Waals surface area contributed by atoms with Crippen LogP contribution < -0.4 is 11.1 Å². The Labute approximate surface area is 163 Å². The van der Waals surface area contributed by atoms with Crippen LogP contribution in [0, 0.1) is 17.8 Å². The molecule has 2 atom stereocenters. The summed E-state index contributed by atoms with van der Waals surface area (Å²) in [6.07, 6.45) is 7.97. The first-order valence-electron chi connectivity index (χ1n) is 9.95.